The summed E-state index contributed by atoms with van der Waals surface area (Å²) in [4.78, 5) is 17.4. The number of hydrogen-bond acceptors (Lipinski definition) is 4. The normalized spacial score (nSPS) is 18.4. The average Bonchev–Trinajstić information content (AvgIpc) is 2.87. The molecule has 1 aliphatic rings. The number of carbonyl (C=O) groups is 1. The maximum absolute atomic E-state index is 11.5. The van der Waals surface area contributed by atoms with Crippen LogP contribution in [0.4, 0.5) is 5.69 Å². The Morgan fingerprint density at radius 1 is 1.67 bits per heavy atom. The van der Waals surface area contributed by atoms with Gasteiger partial charge < -0.3 is 10.2 Å². The van der Waals surface area contributed by atoms with Gasteiger partial charge in [-0.05, 0) is 18.6 Å². The molecule has 18 heavy (non-hydrogen) atoms. The lowest BCUT2D eigenvalue weighted by Gasteiger charge is -2.16. The fourth-order valence-electron chi connectivity index (χ4n) is 2.11. The minimum Gasteiger partial charge on any atom is -0.379 e. The molecule has 94 valence electrons. The topological polar surface area (TPSA) is 69.0 Å². The number of nitrogens with one attached hydrogen (secondary N) is 1. The fourth-order valence-corrected chi connectivity index (χ4v) is 2.11. The van der Waals surface area contributed by atoms with E-state index >= 15 is 0 Å². The molecule has 0 aliphatic carbocycles. The summed E-state index contributed by atoms with van der Waals surface area (Å²) < 4.78 is 0. The zero-order valence-electron chi connectivity index (χ0n) is 10.4. The molecular formula is C13H16N4O. The number of carbonyl (C=O) groups excluding carboxylic acids is 1. The van der Waals surface area contributed by atoms with Gasteiger partial charge in [0.15, 0.2) is 0 Å². The second kappa shape index (κ2) is 5.50. The highest BCUT2D eigenvalue weighted by molar-refractivity contribution is 5.76. The average molecular weight is 244 g/mol. The van der Waals surface area contributed by atoms with Crippen LogP contribution in [0.1, 0.15) is 25.5 Å². The highest BCUT2D eigenvalue weighted by Crippen LogP contribution is 2.16. The standard InChI is InChI=1S/C13H16N4O/c1-2-13(18)17-6-5-12(9-17)16-11-4-3-10(7-14)15-8-11/h3-4,8,12,16H,2,5-6,9H2,1H3/t12-/m1/s1. The van der Waals surface area contributed by atoms with Crippen LogP contribution in [0.5, 0.6) is 0 Å². The molecule has 5 heteroatoms. The summed E-state index contributed by atoms with van der Waals surface area (Å²) in [5, 5.41) is 12.0. The number of nitriles is 1. The molecule has 2 heterocycles. The summed E-state index contributed by atoms with van der Waals surface area (Å²) in [6.07, 6.45) is 3.17. The Kier molecular flexibility index (Phi) is 3.78. The second-order valence-corrected chi connectivity index (χ2v) is 4.37. The summed E-state index contributed by atoms with van der Waals surface area (Å²) in [6, 6.07) is 5.79. The van der Waals surface area contributed by atoms with E-state index in [1.807, 2.05) is 24.0 Å². The molecule has 0 aromatic carbocycles. The molecule has 2 rings (SSSR count). The van der Waals surface area contributed by atoms with Crippen molar-refractivity contribution in [2.45, 2.75) is 25.8 Å². The lowest BCUT2D eigenvalue weighted by atomic mass is 10.2. The van der Waals surface area contributed by atoms with Gasteiger partial charge in [-0.2, -0.15) is 5.26 Å². The van der Waals surface area contributed by atoms with Crippen molar-refractivity contribution in [3.8, 4) is 6.07 Å². The van der Waals surface area contributed by atoms with Gasteiger partial charge in [0.2, 0.25) is 5.91 Å². The van der Waals surface area contributed by atoms with E-state index in [4.69, 9.17) is 5.26 Å². The van der Waals surface area contributed by atoms with E-state index in [2.05, 4.69) is 10.3 Å². The maximum atomic E-state index is 11.5. The molecule has 1 aromatic rings. The van der Waals surface area contributed by atoms with Gasteiger partial charge in [-0.25, -0.2) is 4.98 Å². The maximum Gasteiger partial charge on any atom is 0.222 e. The van der Waals surface area contributed by atoms with Crippen molar-refractivity contribution in [1.82, 2.24) is 9.88 Å². The Balaban J connectivity index is 1.91. The summed E-state index contributed by atoms with van der Waals surface area (Å²) in [5.41, 5.74) is 1.31. The number of anilines is 1. The van der Waals surface area contributed by atoms with Crippen LogP contribution in [0.2, 0.25) is 0 Å². The third-order valence-electron chi connectivity index (χ3n) is 3.09. The Morgan fingerprint density at radius 2 is 2.50 bits per heavy atom. The quantitative estimate of drug-likeness (QED) is 0.872. The lowest BCUT2D eigenvalue weighted by Crippen LogP contribution is -2.30. The zero-order valence-corrected chi connectivity index (χ0v) is 10.4. The molecule has 1 aromatic heterocycles. The van der Waals surface area contributed by atoms with E-state index in [9.17, 15) is 4.79 Å². The Hall–Kier alpha value is -2.09. The summed E-state index contributed by atoms with van der Waals surface area (Å²) in [5.74, 6) is 0.206. The number of likely N-dealkylation sites (tertiary alicyclic amines) is 1. The van der Waals surface area contributed by atoms with Crippen LogP contribution in [0.25, 0.3) is 0 Å². The molecule has 1 N–H and O–H groups in total. The van der Waals surface area contributed by atoms with Crippen LogP contribution in [-0.4, -0.2) is 34.9 Å². The molecule has 1 atom stereocenters. The van der Waals surface area contributed by atoms with Gasteiger partial charge in [0.1, 0.15) is 11.8 Å². The molecule has 0 spiro atoms. The lowest BCUT2D eigenvalue weighted by molar-refractivity contribution is -0.129. The van der Waals surface area contributed by atoms with E-state index in [0.29, 0.717) is 12.1 Å². The van der Waals surface area contributed by atoms with Crippen LogP contribution < -0.4 is 5.32 Å². The van der Waals surface area contributed by atoms with Crippen LogP contribution >= 0.6 is 0 Å². The van der Waals surface area contributed by atoms with E-state index in [1.165, 1.54) is 0 Å². The van der Waals surface area contributed by atoms with E-state index < -0.39 is 0 Å². The Labute approximate surface area is 106 Å². The van der Waals surface area contributed by atoms with Gasteiger partial charge in [0, 0.05) is 25.6 Å². The number of pyridine rings is 1. The first kappa shape index (κ1) is 12.4. The first-order chi connectivity index (χ1) is 8.72. The third kappa shape index (κ3) is 2.77. The van der Waals surface area contributed by atoms with Crippen LogP contribution in [0.3, 0.4) is 0 Å². The van der Waals surface area contributed by atoms with Crippen LogP contribution in [0.15, 0.2) is 18.3 Å². The Bertz CT molecular complexity index is 463. The highest BCUT2D eigenvalue weighted by atomic mass is 16.2. The van der Waals surface area contributed by atoms with Crippen molar-refractivity contribution in [1.29, 1.82) is 5.26 Å². The predicted molar refractivity (Wildman–Crippen MR) is 67.9 cm³/mol. The van der Waals surface area contributed by atoms with Gasteiger partial charge in [-0.1, -0.05) is 6.92 Å². The first-order valence-corrected chi connectivity index (χ1v) is 6.13. The molecule has 0 unspecified atom stereocenters. The van der Waals surface area contributed by atoms with Crippen LogP contribution in [-0.2, 0) is 4.79 Å². The molecular weight excluding hydrogens is 228 g/mol. The zero-order chi connectivity index (χ0) is 13.0. The van der Waals surface area contributed by atoms with Crippen molar-refractivity contribution in [3.05, 3.63) is 24.0 Å². The summed E-state index contributed by atoms with van der Waals surface area (Å²) in [6.45, 7) is 3.44. The second-order valence-electron chi connectivity index (χ2n) is 4.37. The number of aromatic nitrogens is 1. The molecule has 1 amide bonds. The van der Waals surface area contributed by atoms with Gasteiger partial charge >= 0.3 is 0 Å². The highest BCUT2D eigenvalue weighted by Gasteiger charge is 2.24. The van der Waals surface area contributed by atoms with Gasteiger partial charge in [0.25, 0.3) is 0 Å². The molecule has 1 fully saturated rings. The molecule has 1 aliphatic heterocycles. The van der Waals surface area contributed by atoms with Gasteiger partial charge in [-0.15, -0.1) is 0 Å². The number of amides is 1. The van der Waals surface area contributed by atoms with Gasteiger partial charge in [-0.3, -0.25) is 4.79 Å². The number of nitrogens with zero attached hydrogens (tertiary/aromatic N) is 3. The summed E-state index contributed by atoms with van der Waals surface area (Å²) >= 11 is 0. The van der Waals surface area contributed by atoms with Crippen molar-refractivity contribution in [2.75, 3.05) is 18.4 Å². The molecule has 0 radical (unpaired) electrons. The first-order valence-electron chi connectivity index (χ1n) is 6.13. The SMILES string of the molecule is CCC(=O)N1CC[C@@H](Nc2ccc(C#N)nc2)C1. The molecule has 0 saturated carbocycles. The van der Waals surface area contributed by atoms with Crippen molar-refractivity contribution in [3.63, 3.8) is 0 Å². The van der Waals surface area contributed by atoms with E-state index in [0.717, 1.165) is 25.2 Å². The van der Waals surface area contributed by atoms with E-state index in [-0.39, 0.29) is 11.9 Å². The van der Waals surface area contributed by atoms with Crippen molar-refractivity contribution >= 4 is 11.6 Å². The van der Waals surface area contributed by atoms with Crippen molar-refractivity contribution in [2.24, 2.45) is 0 Å². The largest absolute Gasteiger partial charge is 0.379 e. The van der Waals surface area contributed by atoms with E-state index in [1.54, 1.807) is 12.3 Å². The minimum absolute atomic E-state index is 0.206. The predicted octanol–water partition coefficient (Wildman–Crippen LogP) is 1.38. The summed E-state index contributed by atoms with van der Waals surface area (Å²) in [7, 11) is 0. The monoisotopic (exact) mass is 244 g/mol. The number of hydrogen-bond donors (Lipinski definition) is 1. The van der Waals surface area contributed by atoms with Crippen LogP contribution in [0, 0.1) is 11.3 Å². The smallest absolute Gasteiger partial charge is 0.222 e. The van der Waals surface area contributed by atoms with Crippen molar-refractivity contribution < 1.29 is 4.79 Å². The number of rotatable bonds is 3. The minimum atomic E-state index is 0.206. The van der Waals surface area contributed by atoms with Gasteiger partial charge in [0.05, 0.1) is 11.9 Å². The third-order valence-corrected chi connectivity index (χ3v) is 3.09. The molecule has 5 nitrogen and oxygen atoms in total. The molecule has 0 bridgehead atoms. The molecule has 1 saturated heterocycles. The fraction of sp³-hybridized carbons (Fsp3) is 0.462. The Morgan fingerprint density at radius 3 is 3.11 bits per heavy atom.